The van der Waals surface area contributed by atoms with Gasteiger partial charge in [-0.05, 0) is 26.7 Å². The number of H-pyrrole nitrogens is 1. The van der Waals surface area contributed by atoms with E-state index >= 15 is 0 Å². The van der Waals surface area contributed by atoms with Gasteiger partial charge in [-0.3, -0.25) is 14.6 Å². The Morgan fingerprint density at radius 1 is 1.38 bits per heavy atom. The Morgan fingerprint density at radius 2 is 2.05 bits per heavy atom. The molecule has 0 spiro atoms. The predicted octanol–water partition coefficient (Wildman–Crippen LogP) is 2.13. The lowest BCUT2D eigenvalue weighted by Gasteiger charge is -2.30. The highest BCUT2D eigenvalue weighted by Gasteiger charge is 2.29. The summed E-state index contributed by atoms with van der Waals surface area (Å²) in [6.07, 6.45) is 0.323. The third kappa shape index (κ3) is 3.68. The van der Waals surface area contributed by atoms with Gasteiger partial charge in [-0.15, -0.1) is 0 Å². The highest BCUT2D eigenvalue weighted by molar-refractivity contribution is 5.68. The maximum atomic E-state index is 12.1. The molecule has 1 N–H and O–H groups in total. The lowest BCUT2D eigenvalue weighted by atomic mass is 10.1. The van der Waals surface area contributed by atoms with Crippen molar-refractivity contribution in [3.63, 3.8) is 0 Å². The van der Waals surface area contributed by atoms with Gasteiger partial charge in [0.25, 0.3) is 5.56 Å². The van der Waals surface area contributed by atoms with Gasteiger partial charge in [-0.25, -0.2) is 4.79 Å². The lowest BCUT2D eigenvalue weighted by Crippen LogP contribution is -2.41. The van der Waals surface area contributed by atoms with Crippen LogP contribution in [-0.4, -0.2) is 32.9 Å². The zero-order valence-corrected chi connectivity index (χ0v) is 13.5. The largest absolute Gasteiger partial charge is 0.444 e. The van der Waals surface area contributed by atoms with Crippen LogP contribution >= 0.6 is 0 Å². The van der Waals surface area contributed by atoms with Crippen molar-refractivity contribution in [3.05, 3.63) is 21.6 Å². The van der Waals surface area contributed by atoms with Crippen molar-refractivity contribution >= 4 is 6.09 Å². The van der Waals surface area contributed by atoms with Gasteiger partial charge in [-0.1, -0.05) is 13.8 Å². The van der Waals surface area contributed by atoms with Gasteiger partial charge in [0, 0.05) is 25.2 Å². The number of carbonyl (C=O) groups is 1. The molecular formula is C15H25N3O3. The maximum Gasteiger partial charge on any atom is 0.410 e. The van der Waals surface area contributed by atoms with Crippen molar-refractivity contribution in [1.29, 1.82) is 0 Å². The smallest absolute Gasteiger partial charge is 0.410 e. The number of nitrogens with one attached hydrogen (secondary N) is 1. The van der Waals surface area contributed by atoms with E-state index in [-0.39, 0.29) is 11.7 Å². The van der Waals surface area contributed by atoms with Gasteiger partial charge in [0.1, 0.15) is 5.60 Å². The van der Waals surface area contributed by atoms with E-state index in [1.807, 2.05) is 25.5 Å². The van der Waals surface area contributed by atoms with E-state index in [9.17, 15) is 9.59 Å². The summed E-state index contributed by atoms with van der Waals surface area (Å²) in [4.78, 5) is 25.8. The molecule has 0 bridgehead atoms. The summed E-state index contributed by atoms with van der Waals surface area (Å²) < 4.78 is 7.30. The molecule has 0 unspecified atom stereocenters. The zero-order chi connectivity index (χ0) is 15.8. The normalized spacial score (nSPS) is 15.2. The van der Waals surface area contributed by atoms with Crippen molar-refractivity contribution < 1.29 is 9.53 Å². The summed E-state index contributed by atoms with van der Waals surface area (Å²) in [5.41, 5.74) is 1.09. The third-order valence-electron chi connectivity index (χ3n) is 3.35. The highest BCUT2D eigenvalue weighted by atomic mass is 16.6. The van der Waals surface area contributed by atoms with Crippen LogP contribution in [0.5, 0.6) is 0 Å². The van der Waals surface area contributed by atoms with Gasteiger partial charge in [0.05, 0.1) is 12.1 Å². The van der Waals surface area contributed by atoms with Crippen LogP contribution in [0.25, 0.3) is 0 Å². The maximum absolute atomic E-state index is 12.1. The number of nitrogens with zero attached hydrogens (tertiary/aromatic N) is 2. The molecule has 1 amide bonds. The van der Waals surface area contributed by atoms with E-state index in [1.54, 1.807) is 4.90 Å². The summed E-state index contributed by atoms with van der Waals surface area (Å²) in [7, 11) is 0. The average Bonchev–Trinajstić information content (AvgIpc) is 2.63. The first-order chi connectivity index (χ1) is 9.67. The minimum absolute atomic E-state index is 0.0982. The summed E-state index contributed by atoms with van der Waals surface area (Å²) in [6.45, 7) is 11.4. The molecule has 118 valence electrons. The summed E-state index contributed by atoms with van der Waals surface area (Å²) in [5, 5.41) is 2.88. The predicted molar refractivity (Wildman–Crippen MR) is 80.2 cm³/mol. The van der Waals surface area contributed by atoms with Crippen LogP contribution in [0.1, 0.15) is 45.9 Å². The molecule has 1 aliphatic heterocycles. The van der Waals surface area contributed by atoms with Crippen molar-refractivity contribution in [2.45, 2.75) is 59.7 Å². The lowest BCUT2D eigenvalue weighted by molar-refractivity contribution is 0.0222. The van der Waals surface area contributed by atoms with Crippen LogP contribution < -0.4 is 5.56 Å². The molecule has 1 aromatic rings. The molecule has 0 aliphatic carbocycles. The Labute approximate surface area is 125 Å². The molecule has 0 aromatic carbocycles. The second-order valence-electron chi connectivity index (χ2n) is 7.02. The summed E-state index contributed by atoms with van der Waals surface area (Å²) >= 11 is 0. The number of rotatable bonds is 2. The number of fused-ring (bicyclic) bond motifs is 1. The molecule has 0 saturated carbocycles. The van der Waals surface area contributed by atoms with Gasteiger partial charge >= 0.3 is 6.09 Å². The van der Waals surface area contributed by atoms with Crippen LogP contribution in [0, 0.1) is 5.92 Å². The molecule has 0 saturated heterocycles. The number of aromatic amines is 1. The first-order valence-corrected chi connectivity index (χ1v) is 7.46. The second kappa shape index (κ2) is 5.58. The van der Waals surface area contributed by atoms with Gasteiger partial charge in [0.15, 0.2) is 0 Å². The third-order valence-corrected chi connectivity index (χ3v) is 3.35. The Kier molecular flexibility index (Phi) is 4.16. The van der Waals surface area contributed by atoms with Crippen LogP contribution in [-0.2, 0) is 24.2 Å². The molecule has 6 nitrogen and oxygen atoms in total. The fourth-order valence-corrected chi connectivity index (χ4v) is 2.51. The molecule has 2 rings (SSSR count). The zero-order valence-electron chi connectivity index (χ0n) is 13.5. The van der Waals surface area contributed by atoms with E-state index in [0.29, 0.717) is 31.0 Å². The highest BCUT2D eigenvalue weighted by Crippen LogP contribution is 2.19. The van der Waals surface area contributed by atoms with E-state index in [1.165, 1.54) is 0 Å². The van der Waals surface area contributed by atoms with Crippen molar-refractivity contribution in [3.8, 4) is 0 Å². The van der Waals surface area contributed by atoms with Crippen LogP contribution in [0.2, 0.25) is 0 Å². The topological polar surface area (TPSA) is 67.3 Å². The summed E-state index contributed by atoms with van der Waals surface area (Å²) in [5.74, 6) is 0.459. The van der Waals surface area contributed by atoms with Gasteiger partial charge in [0.2, 0.25) is 0 Å². The minimum Gasteiger partial charge on any atom is -0.444 e. The number of amides is 1. The standard InChI is InChI=1S/C15H25N3O3/c1-10(2)8-18-12-6-7-17(9-11(12)13(19)16-18)14(20)21-15(3,4)5/h10H,6-9H2,1-5H3,(H,16,19). The Morgan fingerprint density at radius 3 is 2.62 bits per heavy atom. The molecule has 1 aromatic heterocycles. The Bertz CT molecular complexity index is 578. The van der Waals surface area contributed by atoms with Gasteiger partial charge in [-0.2, -0.15) is 0 Å². The monoisotopic (exact) mass is 295 g/mol. The molecule has 0 fully saturated rings. The second-order valence-corrected chi connectivity index (χ2v) is 7.02. The molecule has 21 heavy (non-hydrogen) atoms. The number of carbonyl (C=O) groups excluding carboxylic acids is 1. The molecular weight excluding hydrogens is 270 g/mol. The van der Waals surface area contributed by atoms with Crippen molar-refractivity contribution in [2.75, 3.05) is 6.54 Å². The fourth-order valence-electron chi connectivity index (χ4n) is 2.51. The van der Waals surface area contributed by atoms with Crippen LogP contribution in [0.3, 0.4) is 0 Å². The van der Waals surface area contributed by atoms with Crippen molar-refractivity contribution in [1.82, 2.24) is 14.7 Å². The number of aromatic nitrogens is 2. The SMILES string of the molecule is CC(C)Cn1[nH]c(=O)c2c1CCN(C(=O)OC(C)(C)C)C2. The Hall–Kier alpha value is -1.72. The Balaban J connectivity index is 2.16. The number of hydrogen-bond acceptors (Lipinski definition) is 3. The average molecular weight is 295 g/mol. The number of ether oxygens (including phenoxy) is 1. The van der Waals surface area contributed by atoms with E-state index in [0.717, 1.165) is 12.2 Å². The molecule has 0 atom stereocenters. The first kappa shape index (κ1) is 15.7. The summed E-state index contributed by atoms with van der Waals surface area (Å²) in [6, 6.07) is 0. The number of hydrogen-bond donors (Lipinski definition) is 1. The molecule has 2 heterocycles. The van der Waals surface area contributed by atoms with E-state index < -0.39 is 5.60 Å². The molecule has 1 aliphatic rings. The minimum atomic E-state index is -0.520. The van der Waals surface area contributed by atoms with E-state index in [2.05, 4.69) is 18.9 Å². The quantitative estimate of drug-likeness (QED) is 0.909. The van der Waals surface area contributed by atoms with Crippen molar-refractivity contribution in [2.24, 2.45) is 5.92 Å². The molecule has 0 radical (unpaired) electrons. The molecule has 6 heteroatoms. The van der Waals surface area contributed by atoms with Crippen LogP contribution in [0.15, 0.2) is 4.79 Å². The van der Waals surface area contributed by atoms with Crippen LogP contribution in [0.4, 0.5) is 4.79 Å². The van der Waals surface area contributed by atoms with E-state index in [4.69, 9.17) is 4.74 Å². The first-order valence-electron chi connectivity index (χ1n) is 7.46. The fraction of sp³-hybridized carbons (Fsp3) is 0.733. The van der Waals surface area contributed by atoms with Gasteiger partial charge < -0.3 is 9.64 Å².